The van der Waals surface area contributed by atoms with Gasteiger partial charge in [-0.15, -0.1) is 0 Å². The topological polar surface area (TPSA) is 49.4 Å². The first-order chi connectivity index (χ1) is 5.29. The number of carbonyl (C=O) groups is 1. The van der Waals surface area contributed by atoms with E-state index in [0.29, 0.717) is 5.75 Å². The molecule has 0 bridgehead atoms. The number of benzene rings is 1. The molecule has 58 valence electrons. The second-order valence-electron chi connectivity index (χ2n) is 1.97. The Kier molecular flexibility index (Phi) is 5.27. The molecule has 0 amide bonds. The average molecular weight is 158 g/mol. The van der Waals surface area contributed by atoms with E-state index in [1.807, 2.05) is 6.07 Å². The normalized spacial score (nSPS) is 8.33. The zero-order chi connectivity index (χ0) is 8.10. The Morgan fingerprint density at radius 2 is 1.92 bits per heavy atom. The number of carboxylic acid groups (broad SMARTS) is 1. The second-order valence-corrected chi connectivity index (χ2v) is 1.97. The molecule has 0 spiro atoms. The van der Waals surface area contributed by atoms with Crippen LogP contribution >= 0.6 is 0 Å². The van der Waals surface area contributed by atoms with Crippen LogP contribution in [-0.2, 0) is 4.79 Å². The van der Waals surface area contributed by atoms with Gasteiger partial charge in [-0.2, -0.15) is 0 Å². The summed E-state index contributed by atoms with van der Waals surface area (Å²) < 4.78 is 4.81. The summed E-state index contributed by atoms with van der Waals surface area (Å²) in [6, 6.07) is 8.73. The SMILES string of the molecule is O=C([O-])COc1ccccc1.[Li+]. The van der Waals surface area contributed by atoms with E-state index in [-0.39, 0.29) is 18.9 Å². The molecule has 0 radical (unpaired) electrons. The van der Waals surface area contributed by atoms with Gasteiger partial charge in [0, 0.05) is 0 Å². The van der Waals surface area contributed by atoms with Gasteiger partial charge < -0.3 is 14.6 Å². The van der Waals surface area contributed by atoms with Crippen LogP contribution in [0, 0.1) is 0 Å². The number of carboxylic acids is 1. The van der Waals surface area contributed by atoms with E-state index in [1.54, 1.807) is 24.3 Å². The minimum atomic E-state index is -1.21. The summed E-state index contributed by atoms with van der Waals surface area (Å²) in [7, 11) is 0. The summed E-state index contributed by atoms with van der Waals surface area (Å²) in [4.78, 5) is 9.94. The molecule has 0 fully saturated rings. The predicted molar refractivity (Wildman–Crippen MR) is 36.9 cm³/mol. The number of carbonyl (C=O) groups excluding carboxylic acids is 1. The Labute approximate surface area is 82.5 Å². The number of para-hydroxylation sites is 1. The van der Waals surface area contributed by atoms with Crippen LogP contribution in [0.3, 0.4) is 0 Å². The van der Waals surface area contributed by atoms with Crippen molar-refractivity contribution in [1.82, 2.24) is 0 Å². The van der Waals surface area contributed by atoms with Gasteiger partial charge in [0.15, 0.2) is 0 Å². The van der Waals surface area contributed by atoms with Gasteiger partial charge in [0.25, 0.3) is 0 Å². The van der Waals surface area contributed by atoms with Gasteiger partial charge in [0.05, 0.1) is 5.97 Å². The molecule has 0 atom stereocenters. The maximum atomic E-state index is 9.94. The number of rotatable bonds is 3. The van der Waals surface area contributed by atoms with Gasteiger partial charge in [-0.1, -0.05) is 18.2 Å². The fraction of sp³-hybridized carbons (Fsp3) is 0.125. The Morgan fingerprint density at radius 1 is 1.33 bits per heavy atom. The minimum absolute atomic E-state index is 0. The van der Waals surface area contributed by atoms with E-state index in [2.05, 4.69) is 0 Å². The summed E-state index contributed by atoms with van der Waals surface area (Å²) >= 11 is 0. The van der Waals surface area contributed by atoms with Crippen molar-refractivity contribution >= 4 is 5.97 Å². The van der Waals surface area contributed by atoms with Crippen LogP contribution in [0.4, 0.5) is 0 Å². The first-order valence-corrected chi connectivity index (χ1v) is 3.17. The molecular formula is C8H7LiO3. The van der Waals surface area contributed by atoms with Crippen LogP contribution in [-0.4, -0.2) is 12.6 Å². The summed E-state index contributed by atoms with van der Waals surface area (Å²) in [5.41, 5.74) is 0. The summed E-state index contributed by atoms with van der Waals surface area (Å²) in [5, 5.41) is 9.94. The van der Waals surface area contributed by atoms with Gasteiger partial charge in [0.1, 0.15) is 12.4 Å². The fourth-order valence-corrected chi connectivity index (χ4v) is 0.659. The molecule has 12 heavy (non-hydrogen) atoms. The number of aliphatic carboxylic acids is 1. The van der Waals surface area contributed by atoms with Gasteiger partial charge in [-0.3, -0.25) is 0 Å². The minimum Gasteiger partial charge on any atom is -0.546 e. The number of hydrogen-bond acceptors (Lipinski definition) is 3. The fourth-order valence-electron chi connectivity index (χ4n) is 0.659. The monoisotopic (exact) mass is 158 g/mol. The zero-order valence-corrected chi connectivity index (χ0v) is 6.82. The van der Waals surface area contributed by atoms with E-state index < -0.39 is 12.6 Å². The molecule has 1 rings (SSSR count). The molecular weight excluding hydrogens is 151 g/mol. The van der Waals surface area contributed by atoms with Gasteiger partial charge in [-0.05, 0) is 12.1 Å². The van der Waals surface area contributed by atoms with E-state index in [9.17, 15) is 9.90 Å². The van der Waals surface area contributed by atoms with Gasteiger partial charge >= 0.3 is 18.9 Å². The molecule has 0 aliphatic heterocycles. The molecule has 3 nitrogen and oxygen atoms in total. The molecule has 1 aromatic rings. The van der Waals surface area contributed by atoms with Crippen molar-refractivity contribution in [3.8, 4) is 5.75 Å². The van der Waals surface area contributed by atoms with Crippen molar-refractivity contribution in [3.63, 3.8) is 0 Å². The van der Waals surface area contributed by atoms with Crippen LogP contribution in [0.25, 0.3) is 0 Å². The van der Waals surface area contributed by atoms with E-state index in [4.69, 9.17) is 4.74 Å². The predicted octanol–water partition coefficient (Wildman–Crippen LogP) is -3.18. The Morgan fingerprint density at radius 3 is 2.42 bits per heavy atom. The molecule has 0 heterocycles. The van der Waals surface area contributed by atoms with Crippen LogP contribution in [0.2, 0.25) is 0 Å². The largest absolute Gasteiger partial charge is 1.00 e. The van der Waals surface area contributed by atoms with Crippen molar-refractivity contribution in [3.05, 3.63) is 30.3 Å². The molecule has 0 unspecified atom stereocenters. The van der Waals surface area contributed by atoms with Gasteiger partial charge in [0.2, 0.25) is 0 Å². The third-order valence-electron chi connectivity index (χ3n) is 1.10. The Balaban J connectivity index is 0.00000121. The number of hydrogen-bond donors (Lipinski definition) is 0. The summed E-state index contributed by atoms with van der Waals surface area (Å²) in [6.07, 6.45) is 0. The zero-order valence-electron chi connectivity index (χ0n) is 6.82. The van der Waals surface area contributed by atoms with Crippen molar-refractivity contribution in [2.45, 2.75) is 0 Å². The molecule has 0 aliphatic carbocycles. The maximum Gasteiger partial charge on any atom is 1.00 e. The number of ether oxygens (including phenoxy) is 1. The Bertz CT molecular complexity index is 235. The Hall–Kier alpha value is -0.913. The quantitative estimate of drug-likeness (QED) is 0.436. The standard InChI is InChI=1S/C8H8O3.Li/c9-8(10)6-11-7-4-2-1-3-5-7;/h1-5H,6H2,(H,9,10);/q;+1/p-1. The average Bonchev–Trinajstić information content (AvgIpc) is 2.03. The third-order valence-corrected chi connectivity index (χ3v) is 1.10. The van der Waals surface area contributed by atoms with E-state index >= 15 is 0 Å². The van der Waals surface area contributed by atoms with Crippen molar-refractivity contribution in [2.24, 2.45) is 0 Å². The van der Waals surface area contributed by atoms with Crippen molar-refractivity contribution in [1.29, 1.82) is 0 Å². The molecule has 4 heteroatoms. The first-order valence-electron chi connectivity index (χ1n) is 3.17. The third kappa shape index (κ3) is 4.07. The summed E-state index contributed by atoms with van der Waals surface area (Å²) in [6.45, 7) is -0.399. The van der Waals surface area contributed by atoms with Crippen LogP contribution < -0.4 is 28.7 Å². The molecule has 0 saturated heterocycles. The van der Waals surface area contributed by atoms with E-state index in [1.165, 1.54) is 0 Å². The van der Waals surface area contributed by atoms with Crippen molar-refractivity contribution in [2.75, 3.05) is 6.61 Å². The van der Waals surface area contributed by atoms with Crippen LogP contribution in [0.5, 0.6) is 5.75 Å². The van der Waals surface area contributed by atoms with E-state index in [0.717, 1.165) is 0 Å². The van der Waals surface area contributed by atoms with Crippen LogP contribution in [0.1, 0.15) is 0 Å². The molecule has 0 N–H and O–H groups in total. The first kappa shape index (κ1) is 11.1. The second kappa shape index (κ2) is 5.70. The smallest absolute Gasteiger partial charge is 0.546 e. The molecule has 0 aromatic heterocycles. The molecule has 0 saturated carbocycles. The van der Waals surface area contributed by atoms with Gasteiger partial charge in [-0.25, -0.2) is 0 Å². The van der Waals surface area contributed by atoms with Crippen LogP contribution in [0.15, 0.2) is 30.3 Å². The van der Waals surface area contributed by atoms with Crippen molar-refractivity contribution < 1.29 is 33.5 Å². The maximum absolute atomic E-state index is 9.94. The molecule has 1 aromatic carbocycles. The summed E-state index contributed by atoms with van der Waals surface area (Å²) in [5.74, 6) is -0.675. The molecule has 0 aliphatic rings.